The molecular formula is C22H20ClN5O. The van der Waals surface area contributed by atoms with E-state index in [4.69, 9.17) is 17.3 Å². The molecule has 2 atom stereocenters. The largest absolute Gasteiger partial charge is 0.369 e. The number of primary amides is 1. The summed E-state index contributed by atoms with van der Waals surface area (Å²) < 4.78 is 0. The number of anilines is 1. The minimum absolute atomic E-state index is 0.247. The van der Waals surface area contributed by atoms with Gasteiger partial charge in [-0.25, -0.2) is 4.98 Å². The maximum atomic E-state index is 12.0. The molecule has 2 aliphatic rings. The summed E-state index contributed by atoms with van der Waals surface area (Å²) in [6, 6.07) is 7.72. The van der Waals surface area contributed by atoms with Crippen LogP contribution in [0.1, 0.15) is 37.3 Å². The number of nitriles is 1. The molecule has 0 bridgehead atoms. The summed E-state index contributed by atoms with van der Waals surface area (Å²) >= 11 is 6.99. The van der Waals surface area contributed by atoms with Gasteiger partial charge < -0.3 is 16.0 Å². The Hall–Kier alpha value is -3.04. The second-order valence-electron chi connectivity index (χ2n) is 8.52. The van der Waals surface area contributed by atoms with Crippen LogP contribution in [0, 0.1) is 16.7 Å². The number of pyridine rings is 1. The summed E-state index contributed by atoms with van der Waals surface area (Å²) in [6.07, 6.45) is 5.91. The van der Waals surface area contributed by atoms with Crippen molar-refractivity contribution in [2.24, 2.45) is 11.1 Å². The Morgan fingerprint density at radius 3 is 2.90 bits per heavy atom. The molecule has 0 saturated heterocycles. The third-order valence-electron chi connectivity index (χ3n) is 6.72. The van der Waals surface area contributed by atoms with E-state index in [9.17, 15) is 10.1 Å². The molecule has 1 fully saturated rings. The fourth-order valence-electron chi connectivity index (χ4n) is 5.06. The summed E-state index contributed by atoms with van der Waals surface area (Å²) in [4.78, 5) is 19.9. The van der Waals surface area contributed by atoms with Crippen LogP contribution in [0.25, 0.3) is 22.0 Å². The Kier molecular flexibility index (Phi) is 3.71. The van der Waals surface area contributed by atoms with Gasteiger partial charge in [0.05, 0.1) is 16.7 Å². The maximum absolute atomic E-state index is 12.0. The third-order valence-corrected chi connectivity index (χ3v) is 7.11. The summed E-state index contributed by atoms with van der Waals surface area (Å²) in [6.45, 7) is 2.64. The van der Waals surface area contributed by atoms with Crippen molar-refractivity contribution in [1.82, 2.24) is 9.97 Å². The van der Waals surface area contributed by atoms with E-state index in [0.717, 1.165) is 46.3 Å². The van der Waals surface area contributed by atoms with Crippen molar-refractivity contribution in [1.29, 1.82) is 5.26 Å². The van der Waals surface area contributed by atoms with Gasteiger partial charge >= 0.3 is 0 Å². The van der Waals surface area contributed by atoms with Crippen molar-refractivity contribution in [2.75, 3.05) is 11.9 Å². The van der Waals surface area contributed by atoms with E-state index in [1.165, 1.54) is 0 Å². The number of H-pyrrole nitrogens is 1. The molecule has 1 aromatic carbocycles. The number of carbonyl (C=O) groups is 1. The lowest BCUT2D eigenvalue weighted by molar-refractivity contribution is -0.126. The molecule has 29 heavy (non-hydrogen) atoms. The zero-order valence-electron chi connectivity index (χ0n) is 16.0. The van der Waals surface area contributed by atoms with Gasteiger partial charge in [0, 0.05) is 57.4 Å². The van der Waals surface area contributed by atoms with Crippen LogP contribution < -0.4 is 11.1 Å². The average Bonchev–Trinajstić information content (AvgIpc) is 3.39. The first-order valence-electron chi connectivity index (χ1n) is 9.61. The number of amides is 1. The fraction of sp³-hybridized carbons (Fsp3) is 0.318. The number of aromatic nitrogens is 2. The van der Waals surface area contributed by atoms with E-state index >= 15 is 0 Å². The second-order valence-corrected chi connectivity index (χ2v) is 8.90. The summed E-state index contributed by atoms with van der Waals surface area (Å²) in [5.74, 6) is 0.522. The van der Waals surface area contributed by atoms with Crippen LogP contribution in [0.2, 0.25) is 5.02 Å². The molecule has 3 aromatic rings. The van der Waals surface area contributed by atoms with Crippen LogP contribution in [-0.4, -0.2) is 22.4 Å². The molecule has 6 nitrogen and oxygen atoms in total. The Morgan fingerprint density at radius 2 is 2.17 bits per heavy atom. The average molecular weight is 406 g/mol. The van der Waals surface area contributed by atoms with Crippen molar-refractivity contribution in [3.05, 3.63) is 46.7 Å². The van der Waals surface area contributed by atoms with Crippen LogP contribution in [0.4, 0.5) is 5.82 Å². The fourth-order valence-corrected chi connectivity index (χ4v) is 5.50. The summed E-state index contributed by atoms with van der Waals surface area (Å²) in [5.41, 5.74) is 9.16. The lowest BCUT2D eigenvalue weighted by Gasteiger charge is -2.27. The highest BCUT2D eigenvalue weighted by molar-refractivity contribution is 6.35. The molecule has 0 radical (unpaired) electrons. The van der Waals surface area contributed by atoms with Crippen LogP contribution >= 0.6 is 11.6 Å². The molecule has 1 amide bonds. The molecule has 5 rings (SSSR count). The molecule has 2 aromatic heterocycles. The molecule has 3 heterocycles. The number of hydrogen-bond donors (Lipinski definition) is 3. The lowest BCUT2D eigenvalue weighted by Crippen LogP contribution is -2.35. The van der Waals surface area contributed by atoms with E-state index < -0.39 is 5.41 Å². The highest BCUT2D eigenvalue weighted by Gasteiger charge is 2.53. The number of rotatable bonds is 2. The predicted octanol–water partition coefficient (Wildman–Crippen LogP) is 4.09. The first kappa shape index (κ1) is 18.0. The molecule has 146 valence electrons. The molecule has 0 unspecified atom stereocenters. The summed E-state index contributed by atoms with van der Waals surface area (Å²) in [7, 11) is 0. The van der Waals surface area contributed by atoms with E-state index in [-0.39, 0.29) is 11.3 Å². The number of aromatic amines is 1. The molecule has 1 spiro atoms. The number of nitrogens with two attached hydrogens (primary N) is 1. The number of hydrogen-bond acceptors (Lipinski definition) is 4. The van der Waals surface area contributed by atoms with Crippen molar-refractivity contribution in [3.63, 3.8) is 0 Å². The smallest absolute Gasteiger partial charge is 0.223 e. The minimum atomic E-state index is -0.537. The SMILES string of the molecule is C[C@]1(C(N)=O)CC[C@@]2(CNc3ncc(-c4c[nH]c5ccc(C#N)cc45)c(Cl)c32)C1. The van der Waals surface area contributed by atoms with Crippen molar-refractivity contribution in [3.8, 4) is 17.2 Å². The van der Waals surface area contributed by atoms with Gasteiger partial charge in [-0.3, -0.25) is 4.79 Å². The lowest BCUT2D eigenvalue weighted by atomic mass is 9.76. The quantitative estimate of drug-likeness (QED) is 0.596. The van der Waals surface area contributed by atoms with Gasteiger partial charge in [-0.2, -0.15) is 5.26 Å². The standard InChI is InChI=1S/C22H20ClN5O/c1-21(20(25)29)4-5-22(10-21)11-28-19-17(22)18(23)15(9-27-19)14-8-26-16-3-2-12(7-24)6-13(14)16/h2-3,6,8-9,26H,4-5,10-11H2,1H3,(H2,25,29)(H,27,28)/t21-,22-/m0/s1. The van der Waals surface area contributed by atoms with Crippen molar-refractivity contribution >= 4 is 34.2 Å². The number of benzene rings is 1. The van der Waals surface area contributed by atoms with Crippen molar-refractivity contribution < 1.29 is 4.79 Å². The molecular weight excluding hydrogens is 386 g/mol. The molecule has 1 aliphatic carbocycles. The predicted molar refractivity (Wildman–Crippen MR) is 113 cm³/mol. The van der Waals surface area contributed by atoms with Gasteiger partial charge in [-0.05, 0) is 37.5 Å². The van der Waals surface area contributed by atoms with Gasteiger partial charge in [-0.1, -0.05) is 18.5 Å². The topological polar surface area (TPSA) is 108 Å². The summed E-state index contributed by atoms with van der Waals surface area (Å²) in [5, 5.41) is 14.2. The van der Waals surface area contributed by atoms with Crippen LogP contribution in [0.15, 0.2) is 30.6 Å². The number of nitrogens with zero attached hydrogens (tertiary/aromatic N) is 2. The third kappa shape index (κ3) is 2.47. The number of halogens is 1. The molecule has 4 N–H and O–H groups in total. The number of carbonyl (C=O) groups excluding carboxylic acids is 1. The van der Waals surface area contributed by atoms with E-state index in [2.05, 4.69) is 21.4 Å². The molecule has 1 aliphatic heterocycles. The van der Waals surface area contributed by atoms with Gasteiger partial charge in [0.25, 0.3) is 0 Å². The van der Waals surface area contributed by atoms with Crippen molar-refractivity contribution in [2.45, 2.75) is 31.6 Å². The Labute approximate surface area is 173 Å². The minimum Gasteiger partial charge on any atom is -0.369 e. The highest BCUT2D eigenvalue weighted by Crippen LogP contribution is 2.57. The van der Waals surface area contributed by atoms with E-state index in [0.29, 0.717) is 23.6 Å². The van der Waals surface area contributed by atoms with E-state index in [1.54, 1.807) is 12.3 Å². The monoisotopic (exact) mass is 405 g/mol. The van der Waals surface area contributed by atoms with Gasteiger partial charge in [0.15, 0.2) is 0 Å². The maximum Gasteiger partial charge on any atom is 0.223 e. The first-order valence-corrected chi connectivity index (χ1v) is 9.99. The van der Waals surface area contributed by atoms with E-state index in [1.807, 2.05) is 25.3 Å². The number of nitrogens with one attached hydrogen (secondary N) is 2. The zero-order valence-corrected chi connectivity index (χ0v) is 16.7. The van der Waals surface area contributed by atoms with Gasteiger partial charge in [-0.15, -0.1) is 0 Å². The van der Waals surface area contributed by atoms with Gasteiger partial charge in [0.2, 0.25) is 5.91 Å². The Bertz CT molecular complexity index is 1230. The van der Waals surface area contributed by atoms with Crippen LogP contribution in [0.5, 0.6) is 0 Å². The Morgan fingerprint density at radius 1 is 1.34 bits per heavy atom. The molecule has 1 saturated carbocycles. The van der Waals surface area contributed by atoms with Crippen LogP contribution in [0.3, 0.4) is 0 Å². The van der Waals surface area contributed by atoms with Crippen LogP contribution in [-0.2, 0) is 10.2 Å². The number of fused-ring (bicyclic) bond motifs is 3. The Balaban J connectivity index is 1.67. The second kappa shape index (κ2) is 5.98. The molecule has 7 heteroatoms. The normalized spacial score (nSPS) is 25.1. The highest BCUT2D eigenvalue weighted by atomic mass is 35.5. The van der Waals surface area contributed by atoms with Gasteiger partial charge in [0.1, 0.15) is 5.82 Å². The zero-order chi connectivity index (χ0) is 20.4. The first-order chi connectivity index (χ1) is 13.9.